The fourth-order valence-corrected chi connectivity index (χ4v) is 2.78. The molecule has 0 spiro atoms. The highest BCUT2D eigenvalue weighted by atomic mass is 35.5. The molecule has 5 nitrogen and oxygen atoms in total. The second-order valence-corrected chi connectivity index (χ2v) is 6.41. The minimum Gasteiger partial charge on any atom is -0.493 e. The standard InChI is InChI=1S/C19H21Cl2NO4/c1-12(26-16-7-5-14(20)11-15(16)21)19(23)22-9-8-13-4-6-17(24-2)18(10-13)25-3/h4-7,10-12H,8-9H2,1-3H3,(H,22,23)/t12-/m0/s1. The van der Waals surface area contributed by atoms with Gasteiger partial charge in [-0.05, 0) is 49.2 Å². The Morgan fingerprint density at radius 1 is 1.04 bits per heavy atom. The molecule has 0 fully saturated rings. The number of hydrogen-bond acceptors (Lipinski definition) is 4. The van der Waals surface area contributed by atoms with Crippen molar-refractivity contribution in [2.45, 2.75) is 19.4 Å². The van der Waals surface area contributed by atoms with Crippen molar-refractivity contribution in [2.75, 3.05) is 20.8 Å². The molecule has 2 aromatic carbocycles. The van der Waals surface area contributed by atoms with Crippen molar-refractivity contribution in [1.29, 1.82) is 0 Å². The van der Waals surface area contributed by atoms with Gasteiger partial charge in [-0.3, -0.25) is 4.79 Å². The Hall–Kier alpha value is -2.11. The van der Waals surface area contributed by atoms with Crippen molar-refractivity contribution in [3.8, 4) is 17.2 Å². The molecule has 1 amide bonds. The molecule has 0 aliphatic heterocycles. The molecule has 140 valence electrons. The fraction of sp³-hybridized carbons (Fsp3) is 0.316. The van der Waals surface area contributed by atoms with Crippen LogP contribution in [0.4, 0.5) is 0 Å². The molecule has 1 N–H and O–H groups in total. The Bertz CT molecular complexity index is 767. The summed E-state index contributed by atoms with van der Waals surface area (Å²) >= 11 is 11.9. The molecule has 0 saturated heterocycles. The van der Waals surface area contributed by atoms with Crippen molar-refractivity contribution in [1.82, 2.24) is 5.32 Å². The number of ether oxygens (including phenoxy) is 3. The first-order valence-corrected chi connectivity index (χ1v) is 8.80. The van der Waals surface area contributed by atoms with Gasteiger partial charge in [0, 0.05) is 11.6 Å². The number of rotatable bonds is 8. The molecule has 0 unspecified atom stereocenters. The first kappa shape index (κ1) is 20.2. The summed E-state index contributed by atoms with van der Waals surface area (Å²) in [5.74, 6) is 1.52. The molecule has 2 rings (SSSR count). The van der Waals surface area contributed by atoms with Gasteiger partial charge < -0.3 is 19.5 Å². The van der Waals surface area contributed by atoms with Gasteiger partial charge in [0.15, 0.2) is 17.6 Å². The predicted octanol–water partition coefficient (Wildman–Crippen LogP) is 4.14. The van der Waals surface area contributed by atoms with E-state index < -0.39 is 6.10 Å². The lowest BCUT2D eigenvalue weighted by atomic mass is 10.1. The second kappa shape index (κ2) is 9.55. The monoisotopic (exact) mass is 397 g/mol. The summed E-state index contributed by atoms with van der Waals surface area (Å²) in [6.07, 6.45) is -0.0281. The number of benzene rings is 2. The highest BCUT2D eigenvalue weighted by molar-refractivity contribution is 6.35. The van der Waals surface area contributed by atoms with E-state index in [4.69, 9.17) is 37.4 Å². The van der Waals surface area contributed by atoms with Crippen LogP contribution in [0, 0.1) is 0 Å². The van der Waals surface area contributed by atoms with Crippen LogP contribution in [0.1, 0.15) is 12.5 Å². The molecule has 26 heavy (non-hydrogen) atoms. The van der Waals surface area contributed by atoms with Crippen LogP contribution in [0.25, 0.3) is 0 Å². The van der Waals surface area contributed by atoms with Crippen LogP contribution in [0.2, 0.25) is 10.0 Å². The Labute approximate surface area is 163 Å². The van der Waals surface area contributed by atoms with E-state index in [1.807, 2.05) is 18.2 Å². The van der Waals surface area contributed by atoms with E-state index in [9.17, 15) is 4.79 Å². The summed E-state index contributed by atoms with van der Waals surface area (Å²) in [4.78, 5) is 12.2. The van der Waals surface area contributed by atoms with E-state index in [1.54, 1.807) is 39.3 Å². The smallest absolute Gasteiger partial charge is 0.260 e. The molecule has 0 heterocycles. The SMILES string of the molecule is COc1ccc(CCNC(=O)[C@H](C)Oc2ccc(Cl)cc2Cl)cc1OC. The van der Waals surface area contributed by atoms with Gasteiger partial charge in [-0.1, -0.05) is 29.3 Å². The minimum atomic E-state index is -0.681. The van der Waals surface area contributed by atoms with Crippen molar-refractivity contribution in [3.05, 3.63) is 52.0 Å². The Kier molecular flexibility index (Phi) is 7.42. The minimum absolute atomic E-state index is 0.225. The lowest BCUT2D eigenvalue weighted by Gasteiger charge is -2.16. The van der Waals surface area contributed by atoms with Crippen LogP contribution in [-0.4, -0.2) is 32.8 Å². The van der Waals surface area contributed by atoms with Gasteiger partial charge in [0.05, 0.1) is 19.2 Å². The first-order valence-electron chi connectivity index (χ1n) is 8.05. The zero-order valence-electron chi connectivity index (χ0n) is 14.8. The number of nitrogens with one attached hydrogen (secondary N) is 1. The number of methoxy groups -OCH3 is 2. The third-order valence-electron chi connectivity index (χ3n) is 3.73. The number of halogens is 2. The van der Waals surface area contributed by atoms with Crippen molar-refractivity contribution < 1.29 is 19.0 Å². The van der Waals surface area contributed by atoms with Gasteiger partial charge in [0.25, 0.3) is 5.91 Å². The number of carbonyl (C=O) groups is 1. The predicted molar refractivity (Wildman–Crippen MR) is 103 cm³/mol. The lowest BCUT2D eigenvalue weighted by Crippen LogP contribution is -2.37. The van der Waals surface area contributed by atoms with Crippen LogP contribution >= 0.6 is 23.2 Å². The summed E-state index contributed by atoms with van der Waals surface area (Å²) in [6, 6.07) is 10.5. The van der Waals surface area contributed by atoms with E-state index in [2.05, 4.69) is 5.32 Å². The molecule has 0 aliphatic rings. The maximum absolute atomic E-state index is 12.2. The van der Waals surface area contributed by atoms with Crippen molar-refractivity contribution >= 4 is 29.1 Å². The van der Waals surface area contributed by atoms with E-state index in [-0.39, 0.29) is 5.91 Å². The van der Waals surface area contributed by atoms with Gasteiger partial charge >= 0.3 is 0 Å². The highest BCUT2D eigenvalue weighted by Gasteiger charge is 2.16. The van der Waals surface area contributed by atoms with E-state index in [1.165, 1.54) is 0 Å². The van der Waals surface area contributed by atoms with Crippen LogP contribution in [0.5, 0.6) is 17.2 Å². The quantitative estimate of drug-likeness (QED) is 0.726. The molecule has 0 radical (unpaired) electrons. The van der Waals surface area contributed by atoms with E-state index in [0.717, 1.165) is 5.56 Å². The van der Waals surface area contributed by atoms with E-state index >= 15 is 0 Å². The van der Waals surface area contributed by atoms with Crippen LogP contribution in [0.3, 0.4) is 0 Å². The second-order valence-electron chi connectivity index (χ2n) is 5.57. The molecule has 0 aromatic heterocycles. The Morgan fingerprint density at radius 2 is 1.73 bits per heavy atom. The maximum atomic E-state index is 12.2. The summed E-state index contributed by atoms with van der Waals surface area (Å²) in [7, 11) is 3.18. The van der Waals surface area contributed by atoms with Crippen LogP contribution in [-0.2, 0) is 11.2 Å². The molecule has 0 saturated carbocycles. The largest absolute Gasteiger partial charge is 0.493 e. The van der Waals surface area contributed by atoms with Gasteiger partial charge in [-0.2, -0.15) is 0 Å². The third kappa shape index (κ3) is 5.44. The summed E-state index contributed by atoms with van der Waals surface area (Å²) in [6.45, 7) is 2.13. The number of hydrogen-bond donors (Lipinski definition) is 1. The summed E-state index contributed by atoms with van der Waals surface area (Å²) in [5.41, 5.74) is 1.03. The van der Waals surface area contributed by atoms with Gasteiger partial charge in [-0.15, -0.1) is 0 Å². The summed E-state index contributed by atoms with van der Waals surface area (Å²) in [5, 5.41) is 3.72. The Morgan fingerprint density at radius 3 is 2.38 bits per heavy atom. The van der Waals surface area contributed by atoms with E-state index in [0.29, 0.717) is 40.3 Å². The Balaban J connectivity index is 1.86. The molecular formula is C19H21Cl2NO4. The lowest BCUT2D eigenvalue weighted by molar-refractivity contribution is -0.127. The molecule has 0 aliphatic carbocycles. The van der Waals surface area contributed by atoms with Gasteiger partial charge in [0.1, 0.15) is 5.75 Å². The van der Waals surface area contributed by atoms with Crippen molar-refractivity contribution in [3.63, 3.8) is 0 Å². The molecular weight excluding hydrogens is 377 g/mol. The zero-order chi connectivity index (χ0) is 19.1. The molecule has 1 atom stereocenters. The number of amides is 1. The average Bonchev–Trinajstić information content (AvgIpc) is 2.63. The third-order valence-corrected chi connectivity index (χ3v) is 4.26. The average molecular weight is 398 g/mol. The van der Waals surface area contributed by atoms with Crippen molar-refractivity contribution in [2.24, 2.45) is 0 Å². The molecule has 7 heteroatoms. The molecule has 2 aromatic rings. The first-order chi connectivity index (χ1) is 12.4. The number of carbonyl (C=O) groups excluding carboxylic acids is 1. The van der Waals surface area contributed by atoms with Gasteiger partial charge in [0.2, 0.25) is 0 Å². The normalized spacial score (nSPS) is 11.6. The summed E-state index contributed by atoms with van der Waals surface area (Å²) < 4.78 is 16.1. The van der Waals surface area contributed by atoms with Gasteiger partial charge in [-0.25, -0.2) is 0 Å². The topological polar surface area (TPSA) is 56.8 Å². The zero-order valence-corrected chi connectivity index (χ0v) is 16.4. The maximum Gasteiger partial charge on any atom is 0.260 e. The fourth-order valence-electron chi connectivity index (χ4n) is 2.32. The highest BCUT2D eigenvalue weighted by Crippen LogP contribution is 2.29. The van der Waals surface area contributed by atoms with Crippen LogP contribution in [0.15, 0.2) is 36.4 Å². The molecule has 0 bridgehead atoms. The van der Waals surface area contributed by atoms with Crippen LogP contribution < -0.4 is 19.5 Å².